The van der Waals surface area contributed by atoms with Crippen LogP contribution in [-0.4, -0.2) is 32.3 Å². The number of halogens is 3. The maximum Gasteiger partial charge on any atom is 0.251 e. The molecule has 3 rings (SSSR count). The topological polar surface area (TPSA) is 88.9 Å². The number of anilines is 1. The van der Waals surface area contributed by atoms with Crippen LogP contribution in [0.15, 0.2) is 60.3 Å². The molecule has 0 aliphatic carbocycles. The zero-order valence-electron chi connectivity index (χ0n) is 17.5. The van der Waals surface area contributed by atoms with Gasteiger partial charge in [0.15, 0.2) is 11.0 Å². The Labute approximate surface area is 210 Å². The Kier molecular flexibility index (Phi) is 8.80. The van der Waals surface area contributed by atoms with Gasteiger partial charge >= 0.3 is 0 Å². The molecule has 0 saturated carbocycles. The molecule has 172 valence electrons. The van der Waals surface area contributed by atoms with Crippen LogP contribution in [0.4, 0.5) is 5.69 Å². The van der Waals surface area contributed by atoms with Crippen molar-refractivity contribution in [3.05, 3.63) is 81.6 Å². The summed E-state index contributed by atoms with van der Waals surface area (Å²) in [6, 6.07) is 11.2. The number of carbonyl (C=O) groups excluding carboxylic acids is 2. The molecule has 1 aromatic heterocycles. The molecule has 0 radical (unpaired) electrons. The molecule has 7 nitrogen and oxygen atoms in total. The lowest BCUT2D eigenvalue weighted by Crippen LogP contribution is -2.28. The van der Waals surface area contributed by atoms with Crippen LogP contribution >= 0.6 is 46.6 Å². The molecule has 0 spiro atoms. The summed E-state index contributed by atoms with van der Waals surface area (Å²) in [6.07, 6.45) is 1.69. The lowest BCUT2D eigenvalue weighted by molar-refractivity contribution is -0.113. The summed E-state index contributed by atoms with van der Waals surface area (Å²) in [5, 5.41) is 15.7. The Morgan fingerprint density at radius 2 is 1.88 bits per heavy atom. The van der Waals surface area contributed by atoms with E-state index in [9.17, 15) is 9.59 Å². The van der Waals surface area contributed by atoms with E-state index in [1.165, 1.54) is 11.8 Å². The monoisotopic (exact) mass is 523 g/mol. The highest BCUT2D eigenvalue weighted by Gasteiger charge is 2.20. The van der Waals surface area contributed by atoms with Gasteiger partial charge in [0.05, 0.1) is 27.5 Å². The van der Waals surface area contributed by atoms with Crippen molar-refractivity contribution in [2.24, 2.45) is 0 Å². The van der Waals surface area contributed by atoms with Crippen LogP contribution in [0.25, 0.3) is 0 Å². The summed E-state index contributed by atoms with van der Waals surface area (Å²) >= 11 is 19.2. The van der Waals surface area contributed by atoms with Crippen LogP contribution in [0.1, 0.15) is 29.1 Å². The van der Waals surface area contributed by atoms with E-state index in [4.69, 9.17) is 34.8 Å². The van der Waals surface area contributed by atoms with E-state index in [1.54, 1.807) is 60.0 Å². The second-order valence-corrected chi connectivity index (χ2v) is 9.04. The van der Waals surface area contributed by atoms with E-state index < -0.39 is 6.04 Å². The minimum atomic E-state index is -0.436. The maximum atomic E-state index is 12.5. The molecule has 2 N–H and O–H groups in total. The van der Waals surface area contributed by atoms with Crippen molar-refractivity contribution < 1.29 is 9.59 Å². The standard InChI is InChI=1S/C22H20Cl3N5O2S/c1-3-11-30-20(13(2)26-21(32)14-7-9-15(23)10-8-14)28-29-22(30)33-12-18(31)27-17-6-4-5-16(24)19(17)25/h3-10,13H,1,11-12H2,2H3,(H,26,32)(H,27,31)/t13-/m0/s1. The van der Waals surface area contributed by atoms with Gasteiger partial charge in [-0.25, -0.2) is 0 Å². The molecule has 2 aromatic carbocycles. The molecule has 0 fully saturated rings. The van der Waals surface area contributed by atoms with Crippen molar-refractivity contribution in [1.82, 2.24) is 20.1 Å². The van der Waals surface area contributed by atoms with Crippen molar-refractivity contribution in [2.75, 3.05) is 11.1 Å². The third-order valence-corrected chi connectivity index (χ3v) is 6.49. The summed E-state index contributed by atoms with van der Waals surface area (Å²) in [5.41, 5.74) is 0.911. The van der Waals surface area contributed by atoms with Crippen LogP contribution in [0.3, 0.4) is 0 Å². The molecule has 0 aliphatic rings. The first kappa shape index (κ1) is 25.1. The van der Waals surface area contributed by atoms with Crippen molar-refractivity contribution in [1.29, 1.82) is 0 Å². The second kappa shape index (κ2) is 11.6. The molecule has 0 unspecified atom stereocenters. The molecule has 0 saturated heterocycles. The maximum absolute atomic E-state index is 12.5. The Morgan fingerprint density at radius 1 is 1.15 bits per heavy atom. The summed E-state index contributed by atoms with van der Waals surface area (Å²) in [4.78, 5) is 25.0. The molecule has 0 aliphatic heterocycles. The van der Waals surface area contributed by atoms with Gasteiger partial charge in [0.25, 0.3) is 5.91 Å². The number of thioether (sulfide) groups is 1. The average molecular weight is 525 g/mol. The first-order chi connectivity index (χ1) is 15.8. The van der Waals surface area contributed by atoms with Gasteiger partial charge in [-0.15, -0.1) is 16.8 Å². The quantitative estimate of drug-likeness (QED) is 0.279. The molecule has 1 atom stereocenters. The molecule has 33 heavy (non-hydrogen) atoms. The van der Waals surface area contributed by atoms with Gasteiger partial charge in [-0.3, -0.25) is 9.59 Å². The molecule has 11 heteroatoms. The van der Waals surface area contributed by atoms with Crippen molar-refractivity contribution >= 4 is 64.1 Å². The molecule has 2 amide bonds. The predicted octanol–water partition coefficient (Wildman–Crippen LogP) is 5.65. The largest absolute Gasteiger partial charge is 0.342 e. The Balaban J connectivity index is 1.67. The molecule has 1 heterocycles. The minimum absolute atomic E-state index is 0.0730. The lowest BCUT2D eigenvalue weighted by Gasteiger charge is -2.15. The SMILES string of the molecule is C=CCn1c(SCC(=O)Nc2cccc(Cl)c2Cl)nnc1[C@H](C)NC(=O)c1ccc(Cl)cc1. The lowest BCUT2D eigenvalue weighted by atomic mass is 10.2. The van der Waals surface area contributed by atoms with E-state index in [0.717, 1.165) is 0 Å². The first-order valence-electron chi connectivity index (χ1n) is 9.77. The van der Waals surface area contributed by atoms with Crippen LogP contribution in [0, 0.1) is 0 Å². The fraction of sp³-hybridized carbons (Fsp3) is 0.182. The number of benzene rings is 2. The zero-order valence-corrected chi connectivity index (χ0v) is 20.6. The number of rotatable bonds is 9. The number of nitrogens with one attached hydrogen (secondary N) is 2. The van der Waals surface area contributed by atoms with E-state index in [2.05, 4.69) is 27.4 Å². The zero-order chi connectivity index (χ0) is 24.0. The Hall–Kier alpha value is -2.52. The number of hydrogen-bond donors (Lipinski definition) is 2. The van der Waals surface area contributed by atoms with Gasteiger partial charge in [-0.2, -0.15) is 0 Å². The van der Waals surface area contributed by atoms with Crippen molar-refractivity contribution in [3.63, 3.8) is 0 Å². The Bertz CT molecular complexity index is 1170. The summed E-state index contributed by atoms with van der Waals surface area (Å²) in [5.74, 6) is 0.0733. The molecular formula is C22H20Cl3N5O2S. The highest BCUT2D eigenvalue weighted by molar-refractivity contribution is 7.99. The van der Waals surface area contributed by atoms with Gasteiger partial charge in [-0.1, -0.05) is 58.7 Å². The highest BCUT2D eigenvalue weighted by atomic mass is 35.5. The fourth-order valence-electron chi connectivity index (χ4n) is 2.89. The van der Waals surface area contributed by atoms with Gasteiger partial charge in [0, 0.05) is 17.1 Å². The number of carbonyl (C=O) groups is 2. The van der Waals surface area contributed by atoms with E-state index in [1.807, 2.05) is 0 Å². The summed E-state index contributed by atoms with van der Waals surface area (Å²) < 4.78 is 1.80. The number of aromatic nitrogens is 3. The van der Waals surface area contributed by atoms with Crippen molar-refractivity contribution in [2.45, 2.75) is 24.7 Å². The van der Waals surface area contributed by atoms with Crippen LogP contribution in [0.5, 0.6) is 0 Å². The van der Waals surface area contributed by atoms with Crippen LogP contribution in [0.2, 0.25) is 15.1 Å². The Morgan fingerprint density at radius 3 is 2.58 bits per heavy atom. The van der Waals surface area contributed by atoms with Gasteiger partial charge in [-0.05, 0) is 43.3 Å². The van der Waals surface area contributed by atoms with Crippen LogP contribution in [-0.2, 0) is 11.3 Å². The van der Waals surface area contributed by atoms with Crippen LogP contribution < -0.4 is 10.6 Å². The third kappa shape index (κ3) is 6.51. The van der Waals surface area contributed by atoms with Gasteiger partial charge < -0.3 is 15.2 Å². The molecular weight excluding hydrogens is 505 g/mol. The average Bonchev–Trinajstić information content (AvgIpc) is 3.19. The van der Waals surface area contributed by atoms with Gasteiger partial charge in [0.1, 0.15) is 0 Å². The van der Waals surface area contributed by atoms with Crippen molar-refractivity contribution in [3.8, 4) is 0 Å². The molecule has 3 aromatic rings. The van der Waals surface area contributed by atoms with E-state index in [0.29, 0.717) is 38.8 Å². The van der Waals surface area contributed by atoms with E-state index in [-0.39, 0.29) is 22.6 Å². The smallest absolute Gasteiger partial charge is 0.251 e. The normalized spacial score (nSPS) is 11.6. The third-order valence-electron chi connectivity index (χ3n) is 4.46. The number of allylic oxidation sites excluding steroid dienone is 1. The minimum Gasteiger partial charge on any atom is -0.342 e. The second-order valence-electron chi connectivity index (χ2n) is 6.88. The van der Waals surface area contributed by atoms with E-state index >= 15 is 0 Å². The molecule has 0 bridgehead atoms. The predicted molar refractivity (Wildman–Crippen MR) is 133 cm³/mol. The summed E-state index contributed by atoms with van der Waals surface area (Å²) in [6.45, 7) is 5.99. The first-order valence-corrected chi connectivity index (χ1v) is 11.9. The number of nitrogens with zero attached hydrogens (tertiary/aromatic N) is 3. The highest BCUT2D eigenvalue weighted by Crippen LogP contribution is 2.30. The van der Waals surface area contributed by atoms with Gasteiger partial charge in [0.2, 0.25) is 5.91 Å². The number of amides is 2. The fourth-order valence-corrected chi connectivity index (χ4v) is 4.12. The number of hydrogen-bond acceptors (Lipinski definition) is 5. The summed E-state index contributed by atoms with van der Waals surface area (Å²) in [7, 11) is 0.